The zero-order valence-electron chi connectivity index (χ0n) is 11.6. The van der Waals surface area contributed by atoms with Crippen molar-refractivity contribution in [2.45, 2.75) is 12.8 Å². The van der Waals surface area contributed by atoms with Crippen LogP contribution in [0.2, 0.25) is 0 Å². The highest BCUT2D eigenvalue weighted by atomic mass is 16.5. The van der Waals surface area contributed by atoms with E-state index < -0.39 is 0 Å². The van der Waals surface area contributed by atoms with Crippen LogP contribution >= 0.6 is 0 Å². The van der Waals surface area contributed by atoms with Crippen molar-refractivity contribution in [2.75, 3.05) is 40.0 Å². The van der Waals surface area contributed by atoms with E-state index in [1.807, 2.05) is 0 Å². The summed E-state index contributed by atoms with van der Waals surface area (Å²) in [5.41, 5.74) is 0. The van der Waals surface area contributed by atoms with E-state index in [4.69, 9.17) is 9.47 Å². The Bertz CT molecular complexity index is 363. The Labute approximate surface area is 117 Å². The van der Waals surface area contributed by atoms with Gasteiger partial charge in [-0.2, -0.15) is 0 Å². The maximum atomic E-state index is 11.5. The lowest BCUT2D eigenvalue weighted by Crippen LogP contribution is -2.35. The van der Waals surface area contributed by atoms with Crippen LogP contribution in [0.5, 0.6) is 0 Å². The number of rotatable bonds is 10. The Kier molecular flexibility index (Phi) is 7.52. The predicted octanol–water partition coefficient (Wildman–Crippen LogP) is -0.529. The first-order chi connectivity index (χ1) is 9.65. The van der Waals surface area contributed by atoms with Gasteiger partial charge in [0, 0.05) is 45.4 Å². The Morgan fingerprint density at radius 2 is 1.90 bits per heavy atom. The first kappa shape index (κ1) is 16.3. The zero-order valence-corrected chi connectivity index (χ0v) is 11.6. The molecule has 0 saturated carbocycles. The minimum atomic E-state index is -0.366. The molecule has 7 nitrogen and oxygen atoms in total. The Hall–Kier alpha value is -1.73. The fraction of sp³-hybridized carbons (Fsp3) is 0.615. The van der Waals surface area contributed by atoms with Gasteiger partial charge in [0.05, 0.1) is 13.2 Å². The number of methoxy groups -OCH3 is 1. The third-order valence-corrected chi connectivity index (χ3v) is 2.68. The fourth-order valence-corrected chi connectivity index (χ4v) is 1.60. The predicted molar refractivity (Wildman–Crippen MR) is 70.8 cm³/mol. The van der Waals surface area contributed by atoms with Gasteiger partial charge in [0.2, 0.25) is 5.91 Å². The molecule has 20 heavy (non-hydrogen) atoms. The molecule has 112 valence electrons. The van der Waals surface area contributed by atoms with Gasteiger partial charge in [0.1, 0.15) is 0 Å². The molecule has 0 fully saturated rings. The van der Waals surface area contributed by atoms with E-state index in [2.05, 4.69) is 5.32 Å². The Morgan fingerprint density at radius 1 is 1.20 bits per heavy atom. The number of nitrogens with one attached hydrogen (secondary N) is 1. The molecule has 0 aromatic heterocycles. The molecule has 0 saturated heterocycles. The van der Waals surface area contributed by atoms with Crippen LogP contribution in [-0.4, -0.2) is 62.6 Å². The highest BCUT2D eigenvalue weighted by molar-refractivity contribution is 6.13. The average molecular weight is 284 g/mol. The molecule has 0 aromatic rings. The van der Waals surface area contributed by atoms with Gasteiger partial charge in [-0.25, -0.2) is 0 Å². The molecule has 3 amide bonds. The summed E-state index contributed by atoms with van der Waals surface area (Å²) in [6, 6.07) is 0. The number of carbonyl (C=O) groups excluding carboxylic acids is 3. The van der Waals surface area contributed by atoms with E-state index >= 15 is 0 Å². The van der Waals surface area contributed by atoms with Crippen molar-refractivity contribution >= 4 is 17.7 Å². The fourth-order valence-electron chi connectivity index (χ4n) is 1.60. The van der Waals surface area contributed by atoms with Crippen molar-refractivity contribution < 1.29 is 23.9 Å². The molecule has 0 aromatic carbocycles. The summed E-state index contributed by atoms with van der Waals surface area (Å²) in [6.07, 6.45) is 3.23. The van der Waals surface area contributed by atoms with Crippen molar-refractivity contribution in [1.82, 2.24) is 10.2 Å². The third kappa shape index (κ3) is 5.94. The summed E-state index contributed by atoms with van der Waals surface area (Å²) in [4.78, 5) is 35.0. The molecule has 0 radical (unpaired) electrons. The second-order valence-corrected chi connectivity index (χ2v) is 4.22. The van der Waals surface area contributed by atoms with E-state index in [1.54, 1.807) is 7.11 Å². The molecule has 7 heteroatoms. The maximum Gasteiger partial charge on any atom is 0.253 e. The van der Waals surface area contributed by atoms with Crippen LogP contribution < -0.4 is 5.32 Å². The summed E-state index contributed by atoms with van der Waals surface area (Å²) in [7, 11) is 1.61. The molecule has 1 aliphatic rings. The standard InChI is InChI=1S/C13H20N2O5/c1-19-9-10-20-8-2-6-14-11(16)5-7-15-12(17)3-4-13(15)18/h3-4H,2,5-10H2,1H3,(H,14,16). The van der Waals surface area contributed by atoms with Crippen LogP contribution in [0.3, 0.4) is 0 Å². The lowest BCUT2D eigenvalue weighted by Gasteiger charge is -2.13. The molecule has 0 bridgehead atoms. The molecule has 0 aliphatic carbocycles. The summed E-state index contributed by atoms with van der Waals surface area (Å²) < 4.78 is 10.1. The van der Waals surface area contributed by atoms with Crippen LogP contribution in [0.15, 0.2) is 12.2 Å². The van der Waals surface area contributed by atoms with Gasteiger partial charge in [-0.1, -0.05) is 0 Å². The number of ether oxygens (including phenoxy) is 2. The first-order valence-corrected chi connectivity index (χ1v) is 6.52. The smallest absolute Gasteiger partial charge is 0.253 e. The number of amides is 3. The van der Waals surface area contributed by atoms with E-state index in [9.17, 15) is 14.4 Å². The average Bonchev–Trinajstić information content (AvgIpc) is 2.75. The molecule has 0 atom stereocenters. The topological polar surface area (TPSA) is 84.9 Å². The largest absolute Gasteiger partial charge is 0.382 e. The van der Waals surface area contributed by atoms with Crippen LogP contribution in [0.1, 0.15) is 12.8 Å². The van der Waals surface area contributed by atoms with Crippen LogP contribution in [0.4, 0.5) is 0 Å². The van der Waals surface area contributed by atoms with E-state index in [-0.39, 0.29) is 30.7 Å². The molecule has 1 heterocycles. The highest BCUT2D eigenvalue weighted by Gasteiger charge is 2.23. The summed E-state index contributed by atoms with van der Waals surface area (Å²) in [5.74, 6) is -0.918. The van der Waals surface area contributed by atoms with E-state index in [0.717, 1.165) is 4.90 Å². The second kappa shape index (κ2) is 9.22. The molecule has 0 spiro atoms. The lowest BCUT2D eigenvalue weighted by molar-refractivity contribution is -0.137. The Morgan fingerprint density at radius 3 is 2.55 bits per heavy atom. The van der Waals surface area contributed by atoms with Crippen molar-refractivity contribution in [1.29, 1.82) is 0 Å². The molecular formula is C13H20N2O5. The van der Waals surface area contributed by atoms with Gasteiger partial charge in [-0.05, 0) is 6.42 Å². The van der Waals surface area contributed by atoms with Gasteiger partial charge in [0.25, 0.3) is 11.8 Å². The van der Waals surface area contributed by atoms with Crippen molar-refractivity contribution in [2.24, 2.45) is 0 Å². The van der Waals surface area contributed by atoms with E-state index in [1.165, 1.54) is 12.2 Å². The van der Waals surface area contributed by atoms with Crippen LogP contribution in [-0.2, 0) is 23.9 Å². The molecule has 1 N–H and O–H groups in total. The molecular weight excluding hydrogens is 264 g/mol. The van der Waals surface area contributed by atoms with Crippen LogP contribution in [0.25, 0.3) is 0 Å². The van der Waals surface area contributed by atoms with Crippen molar-refractivity contribution in [3.05, 3.63) is 12.2 Å². The quantitative estimate of drug-likeness (QED) is 0.430. The first-order valence-electron chi connectivity index (χ1n) is 6.52. The number of hydrogen-bond donors (Lipinski definition) is 1. The maximum absolute atomic E-state index is 11.5. The normalized spacial score (nSPS) is 14.2. The number of imide groups is 1. The third-order valence-electron chi connectivity index (χ3n) is 2.68. The van der Waals surface area contributed by atoms with Gasteiger partial charge in [-0.15, -0.1) is 0 Å². The monoisotopic (exact) mass is 284 g/mol. The Balaban J connectivity index is 2.01. The molecule has 1 aliphatic heterocycles. The van der Waals surface area contributed by atoms with Crippen molar-refractivity contribution in [3.63, 3.8) is 0 Å². The molecule has 1 rings (SSSR count). The summed E-state index contributed by atoms with van der Waals surface area (Å²) >= 11 is 0. The van der Waals surface area contributed by atoms with Gasteiger partial charge in [0.15, 0.2) is 0 Å². The number of hydrogen-bond acceptors (Lipinski definition) is 5. The SMILES string of the molecule is COCCOCCCNC(=O)CCN1C(=O)C=CC1=O. The second-order valence-electron chi connectivity index (χ2n) is 4.22. The summed E-state index contributed by atoms with van der Waals surface area (Å²) in [5, 5.41) is 2.71. The zero-order chi connectivity index (χ0) is 14.8. The highest BCUT2D eigenvalue weighted by Crippen LogP contribution is 2.03. The number of nitrogens with zero attached hydrogens (tertiary/aromatic N) is 1. The van der Waals surface area contributed by atoms with Crippen LogP contribution in [0, 0.1) is 0 Å². The minimum Gasteiger partial charge on any atom is -0.382 e. The van der Waals surface area contributed by atoms with Crippen molar-refractivity contribution in [3.8, 4) is 0 Å². The van der Waals surface area contributed by atoms with Gasteiger partial charge < -0.3 is 14.8 Å². The van der Waals surface area contributed by atoms with Gasteiger partial charge >= 0.3 is 0 Å². The minimum absolute atomic E-state index is 0.112. The number of carbonyl (C=O) groups is 3. The van der Waals surface area contributed by atoms with Gasteiger partial charge in [-0.3, -0.25) is 19.3 Å². The molecule has 0 unspecified atom stereocenters. The van der Waals surface area contributed by atoms with E-state index in [0.29, 0.717) is 32.8 Å². The lowest BCUT2D eigenvalue weighted by atomic mass is 10.3. The summed E-state index contributed by atoms with van der Waals surface area (Å²) in [6.45, 7) is 2.26.